The molecule has 0 bridgehead atoms. The van der Waals surface area contributed by atoms with Gasteiger partial charge in [0.15, 0.2) is 0 Å². The maximum atomic E-state index is 6.45. The van der Waals surface area contributed by atoms with Gasteiger partial charge in [-0.15, -0.1) is 11.6 Å². The first kappa shape index (κ1) is 15.5. The van der Waals surface area contributed by atoms with Crippen LogP contribution in [0, 0.1) is 0 Å². The van der Waals surface area contributed by atoms with Crippen molar-refractivity contribution in [3.05, 3.63) is 29.0 Å². The second-order valence-corrected chi connectivity index (χ2v) is 7.81. The monoisotopic (exact) mass is 342 g/mol. The van der Waals surface area contributed by atoms with E-state index in [-0.39, 0.29) is 0 Å². The third kappa shape index (κ3) is 2.93. The van der Waals surface area contributed by atoms with Crippen molar-refractivity contribution in [2.24, 2.45) is 0 Å². The minimum Gasteiger partial charge on any atom is -0.325 e. The van der Waals surface area contributed by atoms with Crippen molar-refractivity contribution in [2.45, 2.75) is 43.4 Å². The number of benzene rings is 1. The van der Waals surface area contributed by atoms with Crippen molar-refractivity contribution < 1.29 is 0 Å². The van der Waals surface area contributed by atoms with Crippen LogP contribution in [0.3, 0.4) is 0 Å². The predicted octanol–water partition coefficient (Wildman–Crippen LogP) is 5.15. The summed E-state index contributed by atoms with van der Waals surface area (Å²) < 4.78 is 2.65. The Morgan fingerprint density at radius 1 is 1.33 bits per heavy atom. The topological polar surface area (TPSA) is 17.8 Å². The van der Waals surface area contributed by atoms with E-state index in [0.717, 1.165) is 34.8 Å². The molecule has 0 saturated heterocycles. The highest BCUT2D eigenvalue weighted by Gasteiger charge is 2.34. The van der Waals surface area contributed by atoms with Gasteiger partial charge in [-0.1, -0.05) is 30.5 Å². The van der Waals surface area contributed by atoms with Crippen LogP contribution in [-0.2, 0) is 13.0 Å². The van der Waals surface area contributed by atoms with Gasteiger partial charge in [0.2, 0.25) is 0 Å². The number of aryl methyl sites for hydroxylation is 1. The van der Waals surface area contributed by atoms with Crippen LogP contribution in [0.15, 0.2) is 18.2 Å². The quantitative estimate of drug-likeness (QED) is 0.699. The molecule has 1 aromatic heterocycles. The van der Waals surface area contributed by atoms with E-state index in [0.29, 0.717) is 10.6 Å². The summed E-state index contributed by atoms with van der Waals surface area (Å²) in [6, 6.07) is 5.95. The fraction of sp³-hybridized carbons (Fsp3) is 0.562. The SMILES string of the molecule is CSC1(Cn2c(CCCl)nc3cccc(Cl)c32)CCCC1. The molecule has 0 radical (unpaired) electrons. The first-order chi connectivity index (χ1) is 10.2. The molecule has 1 aliphatic carbocycles. The minimum absolute atomic E-state index is 0.327. The fourth-order valence-corrected chi connectivity index (χ4v) is 4.77. The standard InChI is InChI=1S/C16H20Cl2N2S/c1-21-16(8-2-3-9-16)11-20-14(7-10-17)19-13-6-4-5-12(18)15(13)20/h4-6H,2-3,7-11H2,1H3. The van der Waals surface area contributed by atoms with Gasteiger partial charge in [-0.25, -0.2) is 4.98 Å². The molecular weight excluding hydrogens is 323 g/mol. The van der Waals surface area contributed by atoms with E-state index in [4.69, 9.17) is 28.2 Å². The zero-order chi connectivity index (χ0) is 14.9. The molecule has 1 saturated carbocycles. The zero-order valence-electron chi connectivity index (χ0n) is 12.2. The summed E-state index contributed by atoms with van der Waals surface area (Å²) in [6.45, 7) is 0.987. The maximum absolute atomic E-state index is 6.45. The Bertz CT molecular complexity index is 632. The Morgan fingerprint density at radius 2 is 2.10 bits per heavy atom. The molecule has 3 rings (SSSR count). The van der Waals surface area contributed by atoms with Crippen LogP contribution in [0.4, 0.5) is 0 Å². The highest BCUT2D eigenvalue weighted by molar-refractivity contribution is 8.00. The van der Waals surface area contributed by atoms with Crippen LogP contribution in [0.5, 0.6) is 0 Å². The van der Waals surface area contributed by atoms with Crippen molar-refractivity contribution in [1.82, 2.24) is 9.55 Å². The lowest BCUT2D eigenvalue weighted by atomic mass is 10.1. The lowest BCUT2D eigenvalue weighted by molar-refractivity contribution is 0.502. The van der Waals surface area contributed by atoms with Crippen LogP contribution >= 0.6 is 35.0 Å². The molecule has 1 aromatic carbocycles. The normalized spacial score (nSPS) is 17.7. The summed E-state index contributed by atoms with van der Waals surface area (Å²) >= 11 is 14.4. The second kappa shape index (κ2) is 6.39. The van der Waals surface area contributed by atoms with Gasteiger partial charge in [0.25, 0.3) is 0 Å². The van der Waals surface area contributed by atoms with Crippen molar-refractivity contribution in [1.29, 1.82) is 0 Å². The predicted molar refractivity (Wildman–Crippen MR) is 93.9 cm³/mol. The first-order valence-corrected chi connectivity index (χ1v) is 9.57. The number of hydrogen-bond acceptors (Lipinski definition) is 2. The molecular formula is C16H20Cl2N2S. The molecule has 114 valence electrons. The first-order valence-electron chi connectivity index (χ1n) is 7.44. The van der Waals surface area contributed by atoms with Crippen molar-refractivity contribution >= 4 is 46.0 Å². The number of alkyl halides is 1. The van der Waals surface area contributed by atoms with Crippen molar-refractivity contribution in [3.8, 4) is 0 Å². The minimum atomic E-state index is 0.327. The van der Waals surface area contributed by atoms with Crippen LogP contribution in [0.1, 0.15) is 31.5 Å². The van der Waals surface area contributed by atoms with Gasteiger partial charge in [-0.2, -0.15) is 11.8 Å². The Balaban J connectivity index is 2.08. The average molecular weight is 343 g/mol. The van der Waals surface area contributed by atoms with Gasteiger partial charge in [-0.3, -0.25) is 0 Å². The summed E-state index contributed by atoms with van der Waals surface area (Å²) in [5.74, 6) is 1.65. The molecule has 2 nitrogen and oxygen atoms in total. The zero-order valence-corrected chi connectivity index (χ0v) is 14.6. The summed E-state index contributed by atoms with van der Waals surface area (Å²) in [4.78, 5) is 4.76. The van der Waals surface area contributed by atoms with E-state index in [9.17, 15) is 0 Å². The van der Waals surface area contributed by atoms with Gasteiger partial charge in [0, 0.05) is 23.6 Å². The van der Waals surface area contributed by atoms with E-state index < -0.39 is 0 Å². The Morgan fingerprint density at radius 3 is 2.76 bits per heavy atom. The number of nitrogens with zero attached hydrogens (tertiary/aromatic N) is 2. The molecule has 1 fully saturated rings. The largest absolute Gasteiger partial charge is 0.325 e. The van der Waals surface area contributed by atoms with E-state index in [1.165, 1.54) is 25.7 Å². The van der Waals surface area contributed by atoms with Gasteiger partial charge in [0.05, 0.1) is 16.1 Å². The van der Waals surface area contributed by atoms with E-state index in [1.807, 2.05) is 30.0 Å². The van der Waals surface area contributed by atoms with Crippen molar-refractivity contribution in [2.75, 3.05) is 12.1 Å². The highest BCUT2D eigenvalue weighted by atomic mass is 35.5. The number of thioether (sulfide) groups is 1. The molecule has 0 unspecified atom stereocenters. The number of halogens is 2. The average Bonchev–Trinajstić information content (AvgIpc) is 3.07. The van der Waals surface area contributed by atoms with Gasteiger partial charge >= 0.3 is 0 Å². The smallest absolute Gasteiger partial charge is 0.111 e. The molecule has 0 aliphatic heterocycles. The van der Waals surface area contributed by atoms with E-state index in [1.54, 1.807) is 0 Å². The summed E-state index contributed by atoms with van der Waals surface area (Å²) in [6.07, 6.45) is 8.22. The van der Waals surface area contributed by atoms with Crippen LogP contribution in [0.2, 0.25) is 5.02 Å². The maximum Gasteiger partial charge on any atom is 0.111 e. The third-order valence-electron chi connectivity index (χ3n) is 4.51. The fourth-order valence-electron chi connectivity index (χ4n) is 3.37. The number of hydrogen-bond donors (Lipinski definition) is 0. The van der Waals surface area contributed by atoms with Crippen LogP contribution in [-0.4, -0.2) is 26.4 Å². The summed E-state index contributed by atoms with van der Waals surface area (Å²) in [5, 5.41) is 0.787. The number of para-hydroxylation sites is 1. The van der Waals surface area contributed by atoms with E-state index in [2.05, 4.69) is 10.8 Å². The van der Waals surface area contributed by atoms with Crippen molar-refractivity contribution in [3.63, 3.8) is 0 Å². The molecule has 0 spiro atoms. The van der Waals surface area contributed by atoms with Crippen LogP contribution in [0.25, 0.3) is 11.0 Å². The molecule has 0 N–H and O–H groups in total. The van der Waals surface area contributed by atoms with Gasteiger partial charge in [-0.05, 0) is 31.2 Å². The molecule has 21 heavy (non-hydrogen) atoms. The highest BCUT2D eigenvalue weighted by Crippen LogP contribution is 2.42. The van der Waals surface area contributed by atoms with Crippen LogP contribution < -0.4 is 0 Å². The summed E-state index contributed by atoms with van der Waals surface area (Å²) in [5.41, 5.74) is 2.05. The lowest BCUT2D eigenvalue weighted by Gasteiger charge is -2.28. The Hall–Kier alpha value is -0.380. The molecule has 1 heterocycles. The number of aromatic nitrogens is 2. The Kier molecular flexibility index (Phi) is 4.72. The second-order valence-electron chi connectivity index (χ2n) is 5.75. The van der Waals surface area contributed by atoms with Gasteiger partial charge < -0.3 is 4.57 Å². The number of imidazole rings is 1. The molecule has 0 atom stereocenters. The Labute approximate surface area is 140 Å². The van der Waals surface area contributed by atoms with E-state index >= 15 is 0 Å². The number of fused-ring (bicyclic) bond motifs is 1. The van der Waals surface area contributed by atoms with Gasteiger partial charge in [0.1, 0.15) is 5.82 Å². The molecule has 1 aliphatic rings. The molecule has 5 heteroatoms. The third-order valence-corrected chi connectivity index (χ3v) is 6.41. The summed E-state index contributed by atoms with van der Waals surface area (Å²) in [7, 11) is 0. The molecule has 2 aromatic rings. The lowest BCUT2D eigenvalue weighted by Crippen LogP contribution is -2.28. The molecule has 0 amide bonds. The number of rotatable bonds is 5.